The number of phenolic OH excluding ortho intramolecular Hbond substituents is 1. The number of pyridine rings is 1. The number of hydrogen-bond acceptors (Lipinski definition) is 5. The maximum atomic E-state index is 14.3. The van der Waals surface area contributed by atoms with Crippen molar-refractivity contribution >= 4 is 5.82 Å². The Hall–Kier alpha value is -3.03. The maximum Gasteiger partial charge on any atom is 0.166 e. The lowest BCUT2D eigenvalue weighted by molar-refractivity contribution is 0.105. The van der Waals surface area contributed by atoms with Gasteiger partial charge < -0.3 is 20.6 Å². The zero-order valence-electron chi connectivity index (χ0n) is 15.2. The topological polar surface area (TPSA) is 85.6 Å². The predicted molar refractivity (Wildman–Crippen MR) is 103 cm³/mol. The smallest absolute Gasteiger partial charge is 0.166 e. The van der Waals surface area contributed by atoms with E-state index in [1.54, 1.807) is 18.2 Å². The normalized spacial score (nSPS) is 12.0. The van der Waals surface area contributed by atoms with Gasteiger partial charge in [-0.05, 0) is 42.8 Å². The molecular weight excluding hydrogens is 366 g/mol. The fraction of sp³-hybridized carbons (Fsp3) is 0.190. The Bertz CT molecular complexity index is 975. The van der Waals surface area contributed by atoms with Gasteiger partial charge >= 0.3 is 0 Å². The van der Waals surface area contributed by atoms with Gasteiger partial charge in [0.25, 0.3) is 0 Å². The third-order valence-corrected chi connectivity index (χ3v) is 4.25. The Labute approximate surface area is 160 Å². The minimum Gasteiger partial charge on any atom is -0.507 e. The van der Waals surface area contributed by atoms with E-state index in [0.29, 0.717) is 16.8 Å². The fourth-order valence-electron chi connectivity index (χ4n) is 2.78. The largest absolute Gasteiger partial charge is 0.507 e. The van der Waals surface area contributed by atoms with E-state index in [9.17, 15) is 19.0 Å². The Morgan fingerprint density at radius 3 is 2.61 bits per heavy atom. The molecule has 0 radical (unpaired) electrons. The molecular formula is C21H20F2N2O3. The highest BCUT2D eigenvalue weighted by molar-refractivity contribution is 5.76. The Morgan fingerprint density at radius 2 is 1.86 bits per heavy atom. The molecule has 2 aromatic carbocycles. The van der Waals surface area contributed by atoms with E-state index < -0.39 is 24.3 Å². The van der Waals surface area contributed by atoms with E-state index >= 15 is 0 Å². The molecule has 3 rings (SSSR count). The van der Waals surface area contributed by atoms with Gasteiger partial charge in [0.2, 0.25) is 0 Å². The van der Waals surface area contributed by atoms with E-state index in [4.69, 9.17) is 5.11 Å². The van der Waals surface area contributed by atoms with Crippen LogP contribution in [0.4, 0.5) is 14.6 Å². The van der Waals surface area contributed by atoms with E-state index in [0.717, 1.165) is 11.6 Å². The molecule has 5 nitrogen and oxygen atoms in total. The van der Waals surface area contributed by atoms with Gasteiger partial charge in [0.15, 0.2) is 11.6 Å². The zero-order valence-corrected chi connectivity index (χ0v) is 15.2. The van der Waals surface area contributed by atoms with Gasteiger partial charge in [-0.15, -0.1) is 0 Å². The van der Waals surface area contributed by atoms with Crippen molar-refractivity contribution in [2.75, 3.05) is 18.5 Å². The molecule has 1 heterocycles. The predicted octanol–water partition coefficient (Wildman–Crippen LogP) is 3.47. The Balaban J connectivity index is 2.13. The number of aliphatic hydroxyl groups excluding tert-OH is 2. The Morgan fingerprint density at radius 1 is 1.07 bits per heavy atom. The summed E-state index contributed by atoms with van der Waals surface area (Å²) in [6, 6.07) is 12.0. The third kappa shape index (κ3) is 4.27. The van der Waals surface area contributed by atoms with Crippen LogP contribution >= 0.6 is 0 Å². The molecule has 4 N–H and O–H groups in total. The van der Waals surface area contributed by atoms with Crippen LogP contribution in [0.15, 0.2) is 48.5 Å². The summed E-state index contributed by atoms with van der Waals surface area (Å²) in [5, 5.41) is 31.6. The van der Waals surface area contributed by atoms with Crippen LogP contribution in [0.1, 0.15) is 5.56 Å². The van der Waals surface area contributed by atoms with Crippen LogP contribution in [0.2, 0.25) is 0 Å². The fourth-order valence-corrected chi connectivity index (χ4v) is 2.78. The number of aliphatic hydroxyl groups is 2. The quantitative estimate of drug-likeness (QED) is 0.521. The number of anilines is 1. The van der Waals surface area contributed by atoms with Crippen molar-refractivity contribution in [3.05, 3.63) is 65.7 Å². The van der Waals surface area contributed by atoms with Crippen LogP contribution in [0.25, 0.3) is 22.4 Å². The molecule has 0 saturated heterocycles. The SMILES string of the molecule is Cc1ccc(O)c(-c2cc(-c3cccc(F)c3F)cc(NCC(O)CO)n2)c1. The number of hydrogen-bond donors (Lipinski definition) is 4. The van der Waals surface area contributed by atoms with Gasteiger partial charge in [0.1, 0.15) is 11.6 Å². The first-order chi connectivity index (χ1) is 13.4. The highest BCUT2D eigenvalue weighted by Gasteiger charge is 2.15. The first kappa shape index (κ1) is 19.7. The number of halogens is 2. The van der Waals surface area contributed by atoms with E-state index in [2.05, 4.69) is 10.3 Å². The highest BCUT2D eigenvalue weighted by atomic mass is 19.2. The minimum absolute atomic E-state index is 0.00342. The van der Waals surface area contributed by atoms with Crippen molar-refractivity contribution in [2.24, 2.45) is 0 Å². The summed E-state index contributed by atoms with van der Waals surface area (Å²) in [7, 11) is 0. The molecule has 3 aromatic rings. The first-order valence-corrected chi connectivity index (χ1v) is 8.68. The van der Waals surface area contributed by atoms with Crippen LogP contribution in [-0.2, 0) is 0 Å². The van der Waals surface area contributed by atoms with Gasteiger partial charge in [-0.25, -0.2) is 13.8 Å². The van der Waals surface area contributed by atoms with Gasteiger partial charge in [0.05, 0.1) is 18.4 Å². The van der Waals surface area contributed by atoms with Crippen molar-refractivity contribution in [1.29, 1.82) is 0 Å². The lowest BCUT2D eigenvalue weighted by atomic mass is 10.0. The van der Waals surface area contributed by atoms with Crippen molar-refractivity contribution in [3.63, 3.8) is 0 Å². The molecule has 0 saturated carbocycles. The summed E-state index contributed by atoms with van der Waals surface area (Å²) in [5.41, 5.74) is 2.07. The average Bonchev–Trinajstić information content (AvgIpc) is 2.69. The van der Waals surface area contributed by atoms with Gasteiger partial charge in [0, 0.05) is 17.7 Å². The standard InChI is InChI=1S/C21H20F2N2O3/c1-12-5-6-19(28)16(7-12)18-8-13(15-3-2-4-17(22)21(15)23)9-20(25-18)24-10-14(27)11-26/h2-9,14,26-28H,10-11H2,1H3,(H,24,25). The second-order valence-electron chi connectivity index (χ2n) is 6.47. The number of nitrogens with zero attached hydrogens (tertiary/aromatic N) is 1. The third-order valence-electron chi connectivity index (χ3n) is 4.25. The number of nitrogens with one attached hydrogen (secondary N) is 1. The highest BCUT2D eigenvalue weighted by Crippen LogP contribution is 2.34. The number of rotatable bonds is 6. The number of aromatic hydroxyl groups is 1. The molecule has 7 heteroatoms. The average molecular weight is 386 g/mol. The van der Waals surface area contributed by atoms with Crippen LogP contribution in [-0.4, -0.2) is 39.6 Å². The van der Waals surface area contributed by atoms with Crippen LogP contribution in [0, 0.1) is 18.6 Å². The van der Waals surface area contributed by atoms with Gasteiger partial charge in [-0.3, -0.25) is 0 Å². The molecule has 1 aromatic heterocycles. The lowest BCUT2D eigenvalue weighted by Gasteiger charge is -2.14. The molecule has 0 aliphatic carbocycles. The monoisotopic (exact) mass is 386 g/mol. The summed E-state index contributed by atoms with van der Waals surface area (Å²) >= 11 is 0. The van der Waals surface area contributed by atoms with Crippen LogP contribution < -0.4 is 5.32 Å². The van der Waals surface area contributed by atoms with E-state index in [1.807, 2.05) is 6.92 Å². The molecule has 1 unspecified atom stereocenters. The van der Waals surface area contributed by atoms with E-state index in [-0.39, 0.29) is 23.7 Å². The lowest BCUT2D eigenvalue weighted by Crippen LogP contribution is -2.23. The summed E-state index contributed by atoms with van der Waals surface area (Å²) in [6.45, 7) is 1.43. The first-order valence-electron chi connectivity index (χ1n) is 8.68. The number of phenols is 1. The molecule has 0 amide bonds. The summed E-state index contributed by atoms with van der Waals surface area (Å²) in [6.07, 6.45) is -1.01. The number of aryl methyl sites for hydroxylation is 1. The summed E-state index contributed by atoms with van der Waals surface area (Å²) in [5.74, 6) is -1.69. The molecule has 0 fully saturated rings. The van der Waals surface area contributed by atoms with Crippen molar-refractivity contribution in [2.45, 2.75) is 13.0 Å². The van der Waals surface area contributed by atoms with Crippen molar-refractivity contribution < 1.29 is 24.1 Å². The zero-order chi connectivity index (χ0) is 20.3. The molecule has 28 heavy (non-hydrogen) atoms. The van der Waals surface area contributed by atoms with Crippen LogP contribution in [0.5, 0.6) is 5.75 Å². The minimum atomic E-state index is -1.01. The van der Waals surface area contributed by atoms with Gasteiger partial charge in [-0.2, -0.15) is 0 Å². The molecule has 0 bridgehead atoms. The van der Waals surface area contributed by atoms with E-state index in [1.165, 1.54) is 24.3 Å². The second kappa shape index (κ2) is 8.33. The summed E-state index contributed by atoms with van der Waals surface area (Å²) < 4.78 is 28.0. The molecule has 0 spiro atoms. The Kier molecular flexibility index (Phi) is 5.87. The number of benzene rings is 2. The van der Waals surface area contributed by atoms with Gasteiger partial charge in [-0.1, -0.05) is 23.8 Å². The molecule has 0 aliphatic rings. The summed E-state index contributed by atoms with van der Waals surface area (Å²) in [4.78, 5) is 4.41. The van der Waals surface area contributed by atoms with Crippen molar-refractivity contribution in [1.82, 2.24) is 4.98 Å². The van der Waals surface area contributed by atoms with Crippen LogP contribution in [0.3, 0.4) is 0 Å². The van der Waals surface area contributed by atoms with Crippen molar-refractivity contribution in [3.8, 4) is 28.1 Å². The molecule has 1 atom stereocenters. The molecule has 0 aliphatic heterocycles. The maximum absolute atomic E-state index is 14.3. The second-order valence-corrected chi connectivity index (χ2v) is 6.47. The molecule has 146 valence electrons. The number of aromatic nitrogens is 1.